The fourth-order valence-electron chi connectivity index (χ4n) is 4.88. The zero-order valence-corrected chi connectivity index (χ0v) is 21.9. The summed E-state index contributed by atoms with van der Waals surface area (Å²) in [5, 5.41) is 14.2. The molecule has 0 spiro atoms. The van der Waals surface area contributed by atoms with E-state index in [4.69, 9.17) is 14.2 Å². The van der Waals surface area contributed by atoms with E-state index >= 15 is 0 Å². The average Bonchev–Trinajstić information content (AvgIpc) is 3.36. The summed E-state index contributed by atoms with van der Waals surface area (Å²) >= 11 is 0. The topological polar surface area (TPSA) is 97.3 Å². The van der Waals surface area contributed by atoms with E-state index in [2.05, 4.69) is 5.32 Å². The lowest BCUT2D eigenvalue weighted by Crippen LogP contribution is -2.46. The number of hydrogen-bond donors (Lipinski definition) is 2. The van der Waals surface area contributed by atoms with Crippen LogP contribution in [0.4, 0.5) is 4.39 Å². The molecule has 2 aliphatic heterocycles. The summed E-state index contributed by atoms with van der Waals surface area (Å²) in [7, 11) is 1.58. The monoisotopic (exact) mass is 528 g/mol. The molecule has 0 aliphatic carbocycles. The summed E-state index contributed by atoms with van der Waals surface area (Å²) in [5.74, 6) is 1.78. The lowest BCUT2D eigenvalue weighted by molar-refractivity contribution is -0.123. The number of ether oxygens (including phenoxy) is 3. The molecule has 0 bridgehead atoms. The number of ketones is 1. The molecular formula is C29H37FN2O6. The third-order valence-corrected chi connectivity index (χ3v) is 7.02. The molecule has 1 fully saturated rings. The number of unbranched alkanes of at least 4 members (excludes halogenated alkanes) is 2. The first-order chi connectivity index (χ1) is 18.4. The molecule has 1 saturated heterocycles. The quantitative estimate of drug-likeness (QED) is 0.301. The van der Waals surface area contributed by atoms with Gasteiger partial charge in [0.2, 0.25) is 5.91 Å². The summed E-state index contributed by atoms with van der Waals surface area (Å²) < 4.78 is 30.1. The Morgan fingerprint density at radius 2 is 1.82 bits per heavy atom. The van der Waals surface area contributed by atoms with Gasteiger partial charge in [-0.1, -0.05) is 12.5 Å². The lowest BCUT2D eigenvalue weighted by Gasteiger charge is -2.29. The van der Waals surface area contributed by atoms with Crippen molar-refractivity contribution in [3.8, 4) is 17.2 Å². The highest BCUT2D eigenvalue weighted by Crippen LogP contribution is 2.33. The van der Waals surface area contributed by atoms with E-state index in [1.54, 1.807) is 49.6 Å². The number of aliphatic hydroxyl groups is 1. The number of benzene rings is 2. The third kappa shape index (κ3) is 7.68. The second-order valence-electron chi connectivity index (χ2n) is 9.88. The van der Waals surface area contributed by atoms with Crippen LogP contribution in [0.1, 0.15) is 60.6 Å². The number of Topliss-reactive ketones (excluding diaryl/α,β-unsaturated/α-hetero) is 1. The Morgan fingerprint density at radius 3 is 2.53 bits per heavy atom. The van der Waals surface area contributed by atoms with E-state index in [0.29, 0.717) is 86.9 Å². The number of carbonyl (C=O) groups is 2. The summed E-state index contributed by atoms with van der Waals surface area (Å²) in [4.78, 5) is 27.1. The Labute approximate surface area is 223 Å². The van der Waals surface area contributed by atoms with Crippen LogP contribution in [0.2, 0.25) is 0 Å². The van der Waals surface area contributed by atoms with Gasteiger partial charge in [0.05, 0.1) is 13.2 Å². The van der Waals surface area contributed by atoms with E-state index in [0.717, 1.165) is 6.42 Å². The normalized spacial score (nSPS) is 18.6. The van der Waals surface area contributed by atoms with Crippen molar-refractivity contribution in [2.75, 3.05) is 40.0 Å². The second kappa shape index (κ2) is 13.6. The number of fused-ring (bicyclic) bond motifs is 1. The van der Waals surface area contributed by atoms with E-state index in [1.165, 1.54) is 0 Å². The molecule has 1 amide bonds. The number of halogens is 1. The van der Waals surface area contributed by atoms with Crippen LogP contribution in [0, 0.1) is 0 Å². The number of hydrogen-bond acceptors (Lipinski definition) is 7. The van der Waals surface area contributed by atoms with Crippen molar-refractivity contribution < 1.29 is 33.3 Å². The van der Waals surface area contributed by atoms with Crippen LogP contribution in [0.25, 0.3) is 0 Å². The number of rotatable bonds is 13. The van der Waals surface area contributed by atoms with Gasteiger partial charge in [-0.25, -0.2) is 4.39 Å². The van der Waals surface area contributed by atoms with Crippen LogP contribution in [-0.4, -0.2) is 73.9 Å². The third-order valence-electron chi connectivity index (χ3n) is 7.02. The molecule has 0 aromatic heterocycles. The molecule has 0 radical (unpaired) electrons. The number of carbonyl (C=O) groups excluding carboxylic acids is 2. The minimum absolute atomic E-state index is 0.0662. The molecule has 0 unspecified atom stereocenters. The van der Waals surface area contributed by atoms with Crippen molar-refractivity contribution in [1.82, 2.24) is 10.2 Å². The fourth-order valence-corrected chi connectivity index (χ4v) is 4.88. The van der Waals surface area contributed by atoms with Gasteiger partial charge in [-0.3, -0.25) is 14.5 Å². The summed E-state index contributed by atoms with van der Waals surface area (Å²) in [6.45, 7) is 2.14. The maximum atomic E-state index is 13.8. The number of likely N-dealkylation sites (tertiary alicyclic amines) is 1. The highest BCUT2D eigenvalue weighted by molar-refractivity contribution is 5.96. The molecule has 2 aliphatic rings. The number of amides is 1. The first-order valence-corrected chi connectivity index (χ1v) is 13.3. The Balaban J connectivity index is 1.27. The van der Waals surface area contributed by atoms with E-state index in [1.807, 2.05) is 4.90 Å². The first-order valence-electron chi connectivity index (χ1n) is 13.3. The summed E-state index contributed by atoms with van der Waals surface area (Å²) in [5.41, 5.74) is 1.25. The summed E-state index contributed by atoms with van der Waals surface area (Å²) in [6, 6.07) is 11.7. The van der Waals surface area contributed by atoms with E-state index in [9.17, 15) is 19.1 Å². The molecule has 206 valence electrons. The SMILES string of the molecule is COc1ccc(C(=O)CCCCCC(=O)N[C@H](CN2CC[C@@H](F)C2)[C@H](O)c2ccc3c(c2)OCCO3)cc1. The molecular weight excluding hydrogens is 491 g/mol. The van der Waals surface area contributed by atoms with Crippen LogP contribution < -0.4 is 19.5 Å². The molecule has 9 heteroatoms. The molecule has 2 heterocycles. The maximum Gasteiger partial charge on any atom is 0.220 e. The molecule has 0 saturated carbocycles. The van der Waals surface area contributed by atoms with Crippen molar-refractivity contribution in [2.24, 2.45) is 0 Å². The standard InChI is InChI=1S/C29H37FN2O6/c1-36-23-10-7-20(8-11-23)25(33)5-3-2-4-6-28(34)31-24(19-32-14-13-22(30)18-32)29(35)21-9-12-26-27(17-21)38-16-15-37-26/h7-12,17,22,24,29,35H,2-6,13-16,18-19H2,1H3,(H,31,34)/t22-,24-,29-/m1/s1. The van der Waals surface area contributed by atoms with Gasteiger partial charge in [0.1, 0.15) is 31.2 Å². The Hall–Kier alpha value is -3.17. The lowest BCUT2D eigenvalue weighted by atomic mass is 10.00. The largest absolute Gasteiger partial charge is 0.497 e. The number of nitrogens with one attached hydrogen (secondary N) is 1. The molecule has 3 atom stereocenters. The zero-order valence-electron chi connectivity index (χ0n) is 21.9. The van der Waals surface area contributed by atoms with Crippen molar-refractivity contribution in [3.63, 3.8) is 0 Å². The number of nitrogens with zero attached hydrogens (tertiary/aromatic N) is 1. The Morgan fingerprint density at radius 1 is 1.08 bits per heavy atom. The first kappa shape index (κ1) is 27.9. The van der Waals surface area contributed by atoms with Gasteiger partial charge in [0, 0.05) is 38.0 Å². The van der Waals surface area contributed by atoms with Gasteiger partial charge in [-0.2, -0.15) is 0 Å². The van der Waals surface area contributed by atoms with Gasteiger partial charge < -0.3 is 24.6 Å². The molecule has 4 rings (SSSR count). The number of aliphatic hydroxyl groups excluding tert-OH is 1. The summed E-state index contributed by atoms with van der Waals surface area (Å²) in [6.07, 6.45) is 1.33. The smallest absolute Gasteiger partial charge is 0.220 e. The molecule has 2 aromatic carbocycles. The zero-order chi connectivity index (χ0) is 26.9. The number of methoxy groups -OCH3 is 1. The molecule has 2 N–H and O–H groups in total. The molecule has 8 nitrogen and oxygen atoms in total. The van der Waals surface area contributed by atoms with E-state index in [-0.39, 0.29) is 18.1 Å². The van der Waals surface area contributed by atoms with Crippen LogP contribution in [-0.2, 0) is 4.79 Å². The van der Waals surface area contributed by atoms with Crippen LogP contribution in [0.3, 0.4) is 0 Å². The predicted octanol–water partition coefficient (Wildman–Crippen LogP) is 3.86. The van der Waals surface area contributed by atoms with Gasteiger partial charge in [-0.05, 0) is 61.2 Å². The highest BCUT2D eigenvalue weighted by Gasteiger charge is 2.30. The van der Waals surface area contributed by atoms with Crippen LogP contribution >= 0.6 is 0 Å². The second-order valence-corrected chi connectivity index (χ2v) is 9.88. The Kier molecular flexibility index (Phi) is 9.95. The fraction of sp³-hybridized carbons (Fsp3) is 0.517. The molecule has 2 aromatic rings. The predicted molar refractivity (Wildman–Crippen MR) is 141 cm³/mol. The number of alkyl halides is 1. The van der Waals surface area contributed by atoms with Crippen molar-refractivity contribution >= 4 is 11.7 Å². The average molecular weight is 529 g/mol. The van der Waals surface area contributed by atoms with Crippen LogP contribution in [0.15, 0.2) is 42.5 Å². The minimum Gasteiger partial charge on any atom is -0.497 e. The van der Waals surface area contributed by atoms with Gasteiger partial charge in [0.15, 0.2) is 17.3 Å². The van der Waals surface area contributed by atoms with Gasteiger partial charge in [-0.15, -0.1) is 0 Å². The Bertz CT molecular complexity index is 1080. The van der Waals surface area contributed by atoms with Crippen molar-refractivity contribution in [2.45, 2.75) is 56.8 Å². The maximum absolute atomic E-state index is 13.8. The van der Waals surface area contributed by atoms with Gasteiger partial charge >= 0.3 is 0 Å². The molecule has 38 heavy (non-hydrogen) atoms. The van der Waals surface area contributed by atoms with E-state index < -0.39 is 18.3 Å². The highest BCUT2D eigenvalue weighted by atomic mass is 19.1. The minimum atomic E-state index is -0.990. The van der Waals surface area contributed by atoms with Crippen molar-refractivity contribution in [3.05, 3.63) is 53.6 Å². The van der Waals surface area contributed by atoms with Crippen molar-refractivity contribution in [1.29, 1.82) is 0 Å². The van der Waals surface area contributed by atoms with Gasteiger partial charge in [0.25, 0.3) is 0 Å². The van der Waals surface area contributed by atoms with Crippen LogP contribution in [0.5, 0.6) is 17.2 Å².